The van der Waals surface area contributed by atoms with Gasteiger partial charge in [0.2, 0.25) is 0 Å². The molecule has 0 radical (unpaired) electrons. The van der Waals surface area contributed by atoms with Gasteiger partial charge in [0, 0.05) is 18.7 Å². The average molecular weight is 231 g/mol. The third-order valence-electron chi connectivity index (χ3n) is 3.70. The summed E-state index contributed by atoms with van der Waals surface area (Å²) < 4.78 is 1.98. The van der Waals surface area contributed by atoms with Crippen molar-refractivity contribution >= 4 is 0 Å². The fourth-order valence-corrected chi connectivity index (χ4v) is 2.82. The van der Waals surface area contributed by atoms with Gasteiger partial charge < -0.3 is 5.32 Å². The van der Waals surface area contributed by atoms with E-state index in [1.54, 1.807) is 0 Å². The topological polar surface area (TPSA) is 56.9 Å². The summed E-state index contributed by atoms with van der Waals surface area (Å²) in [6.07, 6.45) is 2.15. The van der Waals surface area contributed by atoms with Crippen molar-refractivity contribution in [2.45, 2.75) is 32.0 Å². The van der Waals surface area contributed by atoms with E-state index in [1.165, 1.54) is 0 Å². The Labute approximate surface area is 101 Å². The van der Waals surface area contributed by atoms with Crippen molar-refractivity contribution in [2.24, 2.45) is 0 Å². The normalized spacial score (nSPS) is 21.4. The van der Waals surface area contributed by atoms with Gasteiger partial charge in [0.05, 0.1) is 11.7 Å². The molecular weight excluding hydrogens is 214 g/mol. The molecule has 0 bridgehead atoms. The van der Waals surface area contributed by atoms with Crippen LogP contribution in [0.25, 0.3) is 0 Å². The molecule has 0 atom stereocenters. The number of nitrogens with one attached hydrogen (secondary N) is 1. The largest absolute Gasteiger partial charge is 0.317 e. The summed E-state index contributed by atoms with van der Waals surface area (Å²) in [6, 6.07) is 2.75. The highest BCUT2D eigenvalue weighted by molar-refractivity contribution is 5.38. The first kappa shape index (κ1) is 10.8. The van der Waals surface area contributed by atoms with Crippen molar-refractivity contribution in [3.8, 4) is 6.07 Å². The van der Waals surface area contributed by atoms with Gasteiger partial charge in [-0.1, -0.05) is 0 Å². The Bertz CT molecular complexity index is 464. The van der Waals surface area contributed by atoms with Gasteiger partial charge in [-0.25, -0.2) is 0 Å². The Morgan fingerprint density at radius 2 is 2.12 bits per heavy atom. The highest BCUT2D eigenvalue weighted by Gasteiger charge is 2.28. The van der Waals surface area contributed by atoms with Crippen molar-refractivity contribution in [1.82, 2.24) is 20.0 Å². The fraction of sp³-hybridized carbons (Fsp3) is 0.667. The second-order valence-electron chi connectivity index (χ2n) is 4.98. The lowest BCUT2D eigenvalue weighted by Crippen LogP contribution is -2.30. The maximum Gasteiger partial charge on any atom is 0.143 e. The summed E-state index contributed by atoms with van der Waals surface area (Å²) in [5.74, 6) is 0. The van der Waals surface area contributed by atoms with E-state index in [9.17, 15) is 5.26 Å². The van der Waals surface area contributed by atoms with E-state index in [1.807, 2.05) is 4.68 Å². The van der Waals surface area contributed by atoms with Crippen molar-refractivity contribution in [3.05, 3.63) is 17.0 Å². The maximum absolute atomic E-state index is 9.34. The zero-order chi connectivity index (χ0) is 11.8. The molecule has 1 aromatic rings. The lowest BCUT2D eigenvalue weighted by molar-refractivity contribution is 0.318. The Morgan fingerprint density at radius 3 is 2.82 bits per heavy atom. The minimum atomic E-state index is 0.404. The molecule has 1 saturated heterocycles. The zero-order valence-corrected chi connectivity index (χ0v) is 10.1. The number of aromatic nitrogens is 2. The van der Waals surface area contributed by atoms with E-state index in [0.717, 1.165) is 56.0 Å². The van der Waals surface area contributed by atoms with Gasteiger partial charge in [-0.3, -0.25) is 9.58 Å². The van der Waals surface area contributed by atoms with Gasteiger partial charge in [0.1, 0.15) is 11.8 Å². The average Bonchev–Trinajstić information content (AvgIpc) is 2.85. The van der Waals surface area contributed by atoms with Crippen LogP contribution in [0.5, 0.6) is 0 Å². The second-order valence-corrected chi connectivity index (χ2v) is 4.98. The molecule has 1 aromatic heterocycles. The van der Waals surface area contributed by atoms with Crippen LogP contribution in [0, 0.1) is 11.3 Å². The molecule has 3 rings (SSSR count). The van der Waals surface area contributed by atoms with Crippen molar-refractivity contribution in [1.29, 1.82) is 5.26 Å². The van der Waals surface area contributed by atoms with Crippen LogP contribution >= 0.6 is 0 Å². The third-order valence-corrected chi connectivity index (χ3v) is 3.70. The number of nitriles is 1. The van der Waals surface area contributed by atoms with E-state index in [-0.39, 0.29) is 0 Å². The lowest BCUT2D eigenvalue weighted by atomic mass is 10.1. The number of rotatable bonds is 1. The van der Waals surface area contributed by atoms with Gasteiger partial charge >= 0.3 is 0 Å². The molecule has 90 valence electrons. The fourth-order valence-electron chi connectivity index (χ4n) is 2.82. The molecule has 0 unspecified atom stereocenters. The van der Waals surface area contributed by atoms with Crippen LogP contribution in [0.3, 0.4) is 0 Å². The quantitative estimate of drug-likeness (QED) is 0.770. The number of nitrogens with zero attached hydrogens (tertiary/aromatic N) is 4. The molecule has 17 heavy (non-hydrogen) atoms. The summed E-state index contributed by atoms with van der Waals surface area (Å²) in [6.45, 7) is 3.80. The predicted octanol–water partition coefficient (Wildman–Crippen LogP) is 0.625. The van der Waals surface area contributed by atoms with Crippen LogP contribution in [0.2, 0.25) is 0 Å². The van der Waals surface area contributed by atoms with Crippen molar-refractivity contribution < 1.29 is 0 Å². The van der Waals surface area contributed by atoms with Gasteiger partial charge in [-0.05, 0) is 33.0 Å². The van der Waals surface area contributed by atoms with Crippen LogP contribution in [0.4, 0.5) is 0 Å². The van der Waals surface area contributed by atoms with Gasteiger partial charge in [0.25, 0.3) is 0 Å². The lowest BCUT2D eigenvalue weighted by Gasteiger charge is -2.24. The zero-order valence-electron chi connectivity index (χ0n) is 10.1. The highest BCUT2D eigenvalue weighted by atomic mass is 15.3. The van der Waals surface area contributed by atoms with Gasteiger partial charge in [0.15, 0.2) is 0 Å². The first-order valence-corrected chi connectivity index (χ1v) is 6.19. The van der Waals surface area contributed by atoms with Crippen LogP contribution < -0.4 is 5.32 Å². The predicted molar refractivity (Wildman–Crippen MR) is 63.3 cm³/mol. The maximum atomic E-state index is 9.34. The number of hydrogen-bond donors (Lipinski definition) is 1. The minimum Gasteiger partial charge on any atom is -0.317 e. The first-order valence-electron chi connectivity index (χ1n) is 6.19. The molecule has 2 aliphatic heterocycles. The SMILES string of the molecule is CN1Cc2nn(C3CCNCC3)c(C#N)c2C1. The summed E-state index contributed by atoms with van der Waals surface area (Å²) in [5, 5.41) is 17.3. The molecule has 1 N–H and O–H groups in total. The molecule has 0 aromatic carbocycles. The van der Waals surface area contributed by atoms with Gasteiger partial charge in [-0.15, -0.1) is 0 Å². The summed E-state index contributed by atoms with van der Waals surface area (Å²) >= 11 is 0. The third kappa shape index (κ3) is 1.74. The van der Waals surface area contributed by atoms with Crippen molar-refractivity contribution in [3.63, 3.8) is 0 Å². The Hall–Kier alpha value is -1.38. The smallest absolute Gasteiger partial charge is 0.143 e. The van der Waals surface area contributed by atoms with E-state index >= 15 is 0 Å². The Morgan fingerprint density at radius 1 is 1.35 bits per heavy atom. The molecule has 0 aliphatic carbocycles. The van der Waals surface area contributed by atoms with Crippen LogP contribution in [0.1, 0.15) is 35.8 Å². The Kier molecular flexibility index (Phi) is 2.61. The molecule has 5 nitrogen and oxygen atoms in total. The molecule has 3 heterocycles. The van der Waals surface area contributed by atoms with Crippen LogP contribution in [-0.4, -0.2) is 34.8 Å². The first-order chi connectivity index (χ1) is 8.29. The standard InChI is InChI=1S/C12H17N5/c1-16-7-10-11(8-16)15-17(12(10)6-13)9-2-4-14-5-3-9/h9,14H,2-5,7-8H2,1H3. The molecular formula is C12H17N5. The summed E-state index contributed by atoms with van der Waals surface area (Å²) in [5.41, 5.74) is 3.03. The van der Waals surface area contributed by atoms with E-state index in [0.29, 0.717) is 6.04 Å². The highest BCUT2D eigenvalue weighted by Crippen LogP contribution is 2.28. The van der Waals surface area contributed by atoms with Gasteiger partial charge in [-0.2, -0.15) is 10.4 Å². The summed E-state index contributed by atoms with van der Waals surface area (Å²) in [4.78, 5) is 2.20. The van der Waals surface area contributed by atoms with Crippen LogP contribution in [0.15, 0.2) is 0 Å². The molecule has 0 amide bonds. The minimum absolute atomic E-state index is 0.404. The molecule has 0 saturated carbocycles. The van der Waals surface area contributed by atoms with Crippen LogP contribution in [-0.2, 0) is 13.1 Å². The molecule has 0 spiro atoms. The number of fused-ring (bicyclic) bond motifs is 1. The van der Waals surface area contributed by atoms with E-state index in [2.05, 4.69) is 28.4 Å². The second kappa shape index (κ2) is 4.13. The molecule has 1 fully saturated rings. The van der Waals surface area contributed by atoms with E-state index < -0.39 is 0 Å². The number of hydrogen-bond acceptors (Lipinski definition) is 4. The number of piperidine rings is 1. The van der Waals surface area contributed by atoms with Crippen molar-refractivity contribution in [2.75, 3.05) is 20.1 Å². The monoisotopic (exact) mass is 231 g/mol. The molecule has 5 heteroatoms. The Balaban J connectivity index is 1.96. The van der Waals surface area contributed by atoms with E-state index in [4.69, 9.17) is 0 Å². The molecule has 2 aliphatic rings. The summed E-state index contributed by atoms with van der Waals surface area (Å²) in [7, 11) is 2.07.